The second kappa shape index (κ2) is 4.56. The number of hydrogen-bond donors (Lipinski definition) is 2. The molecule has 2 aromatic carbocycles. The van der Waals surface area contributed by atoms with Crippen molar-refractivity contribution in [1.82, 2.24) is 10.2 Å². The zero-order valence-electron chi connectivity index (χ0n) is 11.2. The molecule has 5 nitrogen and oxygen atoms in total. The van der Waals surface area contributed by atoms with Crippen molar-refractivity contribution in [3.05, 3.63) is 48.5 Å². The van der Waals surface area contributed by atoms with E-state index < -0.39 is 0 Å². The average Bonchev–Trinajstić information content (AvgIpc) is 3.15. The number of nitrogen functional groups attached to an aromatic ring is 1. The first-order valence-electron chi connectivity index (χ1n) is 6.61. The van der Waals surface area contributed by atoms with Crippen molar-refractivity contribution in [2.45, 2.75) is 0 Å². The summed E-state index contributed by atoms with van der Waals surface area (Å²) >= 11 is 0. The number of H-pyrrole nitrogens is 1. The van der Waals surface area contributed by atoms with Crippen molar-refractivity contribution in [1.29, 1.82) is 0 Å². The minimum atomic E-state index is 0.272. The maximum Gasteiger partial charge on any atom is 0.231 e. The van der Waals surface area contributed by atoms with Gasteiger partial charge in [0.15, 0.2) is 11.5 Å². The molecule has 1 aromatic heterocycles. The lowest BCUT2D eigenvalue weighted by molar-refractivity contribution is 0.174. The number of rotatable bonds is 2. The van der Waals surface area contributed by atoms with Gasteiger partial charge in [0.1, 0.15) is 0 Å². The summed E-state index contributed by atoms with van der Waals surface area (Å²) < 4.78 is 10.7. The van der Waals surface area contributed by atoms with E-state index >= 15 is 0 Å². The van der Waals surface area contributed by atoms with Gasteiger partial charge in [-0.05, 0) is 36.4 Å². The van der Waals surface area contributed by atoms with Crippen LogP contribution in [-0.2, 0) is 0 Å². The summed E-state index contributed by atoms with van der Waals surface area (Å²) in [5, 5.41) is 7.39. The maximum atomic E-state index is 5.81. The number of hydrogen-bond acceptors (Lipinski definition) is 4. The highest BCUT2D eigenvalue weighted by atomic mass is 16.7. The van der Waals surface area contributed by atoms with Gasteiger partial charge < -0.3 is 15.2 Å². The minimum absolute atomic E-state index is 0.272. The lowest BCUT2D eigenvalue weighted by Gasteiger charge is -1.99. The third-order valence-electron chi connectivity index (χ3n) is 3.44. The van der Waals surface area contributed by atoms with Crippen LogP contribution in [0.25, 0.3) is 22.5 Å². The Morgan fingerprint density at radius 2 is 1.86 bits per heavy atom. The van der Waals surface area contributed by atoms with Crippen LogP contribution in [0.2, 0.25) is 0 Å². The summed E-state index contributed by atoms with van der Waals surface area (Å²) in [7, 11) is 0. The SMILES string of the molecule is Nc1cccc(-c2cc(-c3ccc4c(c3)OCO4)n[nH]2)c1. The minimum Gasteiger partial charge on any atom is -0.454 e. The summed E-state index contributed by atoms with van der Waals surface area (Å²) in [4.78, 5) is 0. The summed E-state index contributed by atoms with van der Waals surface area (Å²) in [5.74, 6) is 1.52. The molecule has 1 aliphatic rings. The summed E-state index contributed by atoms with van der Waals surface area (Å²) in [5.41, 5.74) is 10.3. The fraction of sp³-hybridized carbons (Fsp3) is 0.0625. The molecule has 0 radical (unpaired) electrons. The summed E-state index contributed by atoms with van der Waals surface area (Å²) in [6.45, 7) is 0.272. The highest BCUT2D eigenvalue weighted by molar-refractivity contribution is 5.71. The molecular formula is C16H13N3O2. The summed E-state index contributed by atoms with van der Waals surface area (Å²) in [6.07, 6.45) is 0. The van der Waals surface area contributed by atoms with E-state index in [1.165, 1.54) is 0 Å². The molecule has 0 aliphatic carbocycles. The quantitative estimate of drug-likeness (QED) is 0.707. The topological polar surface area (TPSA) is 73.2 Å². The van der Waals surface area contributed by atoms with Crippen molar-refractivity contribution in [2.24, 2.45) is 0 Å². The molecule has 0 bridgehead atoms. The number of aromatic nitrogens is 2. The molecule has 0 spiro atoms. The number of ether oxygens (including phenoxy) is 2. The molecule has 21 heavy (non-hydrogen) atoms. The molecule has 104 valence electrons. The van der Waals surface area contributed by atoms with Crippen LogP contribution in [0.1, 0.15) is 0 Å². The van der Waals surface area contributed by atoms with Crippen LogP contribution < -0.4 is 15.2 Å². The van der Waals surface area contributed by atoms with Crippen LogP contribution in [0.3, 0.4) is 0 Å². The lowest BCUT2D eigenvalue weighted by atomic mass is 10.1. The van der Waals surface area contributed by atoms with E-state index in [0.29, 0.717) is 0 Å². The van der Waals surface area contributed by atoms with E-state index in [9.17, 15) is 0 Å². The standard InChI is InChI=1S/C16H13N3O2/c17-12-3-1-2-10(6-12)13-8-14(19-18-13)11-4-5-15-16(7-11)21-9-20-15/h1-8H,9,17H2,(H,18,19). The van der Waals surface area contributed by atoms with E-state index in [0.717, 1.165) is 39.7 Å². The number of fused-ring (bicyclic) bond motifs is 1. The van der Waals surface area contributed by atoms with Gasteiger partial charge in [0.05, 0.1) is 11.4 Å². The molecule has 4 rings (SSSR count). The van der Waals surface area contributed by atoms with Gasteiger partial charge in [-0.2, -0.15) is 5.10 Å². The van der Waals surface area contributed by atoms with Crippen molar-refractivity contribution in [2.75, 3.05) is 12.5 Å². The molecule has 3 N–H and O–H groups in total. The number of aromatic amines is 1. The Bertz CT molecular complexity index is 811. The highest BCUT2D eigenvalue weighted by Crippen LogP contribution is 2.36. The van der Waals surface area contributed by atoms with Crippen LogP contribution >= 0.6 is 0 Å². The Morgan fingerprint density at radius 1 is 0.952 bits per heavy atom. The van der Waals surface area contributed by atoms with Gasteiger partial charge in [-0.3, -0.25) is 5.10 Å². The van der Waals surface area contributed by atoms with Crippen LogP contribution in [0.5, 0.6) is 11.5 Å². The number of nitrogens with one attached hydrogen (secondary N) is 1. The smallest absolute Gasteiger partial charge is 0.231 e. The lowest BCUT2D eigenvalue weighted by Crippen LogP contribution is -1.92. The van der Waals surface area contributed by atoms with Gasteiger partial charge in [-0.15, -0.1) is 0 Å². The predicted octanol–water partition coefficient (Wildman–Crippen LogP) is 3.05. The fourth-order valence-electron chi connectivity index (χ4n) is 2.38. The second-order valence-corrected chi connectivity index (χ2v) is 4.86. The molecule has 0 saturated heterocycles. The molecule has 3 aromatic rings. The third kappa shape index (κ3) is 2.08. The van der Waals surface area contributed by atoms with Crippen molar-refractivity contribution >= 4 is 5.69 Å². The second-order valence-electron chi connectivity index (χ2n) is 4.86. The van der Waals surface area contributed by atoms with Crippen molar-refractivity contribution < 1.29 is 9.47 Å². The number of nitrogens with two attached hydrogens (primary N) is 1. The van der Waals surface area contributed by atoms with E-state index in [1.807, 2.05) is 48.5 Å². The third-order valence-corrected chi connectivity index (χ3v) is 3.44. The first kappa shape index (κ1) is 11.8. The Hall–Kier alpha value is -2.95. The monoisotopic (exact) mass is 279 g/mol. The number of anilines is 1. The van der Waals surface area contributed by atoms with Gasteiger partial charge in [0.25, 0.3) is 0 Å². The first-order chi connectivity index (χ1) is 10.3. The predicted molar refractivity (Wildman–Crippen MR) is 80.0 cm³/mol. The van der Waals surface area contributed by atoms with Crippen molar-refractivity contribution in [3.8, 4) is 34.0 Å². The molecule has 0 fully saturated rings. The fourth-order valence-corrected chi connectivity index (χ4v) is 2.38. The van der Waals surface area contributed by atoms with E-state index in [1.54, 1.807) is 0 Å². The van der Waals surface area contributed by atoms with Crippen molar-refractivity contribution in [3.63, 3.8) is 0 Å². The normalized spacial score (nSPS) is 12.6. The molecule has 0 atom stereocenters. The Labute approximate surface area is 121 Å². The maximum absolute atomic E-state index is 5.81. The number of benzene rings is 2. The van der Waals surface area contributed by atoms with Gasteiger partial charge >= 0.3 is 0 Å². The zero-order chi connectivity index (χ0) is 14.2. The van der Waals surface area contributed by atoms with E-state index in [4.69, 9.17) is 15.2 Å². The average molecular weight is 279 g/mol. The molecule has 5 heteroatoms. The zero-order valence-corrected chi connectivity index (χ0v) is 11.2. The van der Waals surface area contributed by atoms with Crippen LogP contribution in [0.4, 0.5) is 5.69 Å². The molecule has 0 unspecified atom stereocenters. The van der Waals surface area contributed by atoms with Gasteiger partial charge in [0, 0.05) is 16.8 Å². The molecule has 2 heterocycles. The molecule has 0 saturated carbocycles. The first-order valence-corrected chi connectivity index (χ1v) is 6.61. The highest BCUT2D eigenvalue weighted by Gasteiger charge is 2.15. The largest absolute Gasteiger partial charge is 0.454 e. The summed E-state index contributed by atoms with van der Waals surface area (Å²) in [6, 6.07) is 15.5. The van der Waals surface area contributed by atoms with Crippen LogP contribution in [-0.4, -0.2) is 17.0 Å². The van der Waals surface area contributed by atoms with Gasteiger partial charge in [-0.25, -0.2) is 0 Å². The molecule has 1 aliphatic heterocycles. The Balaban J connectivity index is 1.71. The molecular weight excluding hydrogens is 266 g/mol. The Morgan fingerprint density at radius 3 is 2.76 bits per heavy atom. The van der Waals surface area contributed by atoms with Gasteiger partial charge in [-0.1, -0.05) is 12.1 Å². The van der Waals surface area contributed by atoms with Crippen LogP contribution in [0.15, 0.2) is 48.5 Å². The Kier molecular flexibility index (Phi) is 2.57. The molecule has 0 amide bonds. The van der Waals surface area contributed by atoms with E-state index in [2.05, 4.69) is 10.2 Å². The number of nitrogens with zero attached hydrogens (tertiary/aromatic N) is 1. The van der Waals surface area contributed by atoms with Gasteiger partial charge in [0.2, 0.25) is 6.79 Å². The van der Waals surface area contributed by atoms with Crippen LogP contribution in [0, 0.1) is 0 Å². The van der Waals surface area contributed by atoms with E-state index in [-0.39, 0.29) is 6.79 Å².